The summed E-state index contributed by atoms with van der Waals surface area (Å²) in [5.41, 5.74) is -0.819. The molecule has 0 heterocycles. The van der Waals surface area contributed by atoms with Gasteiger partial charge in [0.1, 0.15) is 0 Å². The number of hydrogen-bond donors (Lipinski definition) is 2. The summed E-state index contributed by atoms with van der Waals surface area (Å²) in [5.74, 6) is 0. The van der Waals surface area contributed by atoms with Crippen LogP contribution >= 0.6 is 0 Å². The lowest BCUT2D eigenvalue weighted by Gasteiger charge is -2.32. The number of rotatable bonds is 4. The van der Waals surface area contributed by atoms with Gasteiger partial charge in [0, 0.05) is 6.54 Å². The number of sulfonamides is 1. The topological polar surface area (TPSA) is 66.4 Å². The maximum Gasteiger partial charge on any atom is 0.214 e. The molecule has 0 aliphatic heterocycles. The monoisotopic (exact) mass is 235 g/mol. The van der Waals surface area contributed by atoms with Crippen molar-refractivity contribution in [2.75, 3.05) is 6.54 Å². The van der Waals surface area contributed by atoms with Gasteiger partial charge in [0.15, 0.2) is 0 Å². The summed E-state index contributed by atoms with van der Waals surface area (Å²) in [6.45, 7) is 3.42. The van der Waals surface area contributed by atoms with Crippen molar-refractivity contribution in [3.8, 4) is 0 Å². The van der Waals surface area contributed by atoms with E-state index in [1.807, 2.05) is 0 Å². The van der Waals surface area contributed by atoms with Crippen LogP contribution in [0.15, 0.2) is 0 Å². The molecule has 1 saturated carbocycles. The van der Waals surface area contributed by atoms with E-state index in [4.69, 9.17) is 0 Å². The van der Waals surface area contributed by atoms with Gasteiger partial charge in [-0.1, -0.05) is 19.3 Å². The van der Waals surface area contributed by atoms with Crippen LogP contribution in [0.25, 0.3) is 0 Å². The molecule has 1 rings (SSSR count). The Balaban J connectivity index is 2.48. The summed E-state index contributed by atoms with van der Waals surface area (Å²) < 4.78 is 25.5. The van der Waals surface area contributed by atoms with Crippen molar-refractivity contribution in [2.45, 2.75) is 56.8 Å². The summed E-state index contributed by atoms with van der Waals surface area (Å²) in [5, 5.41) is 9.65. The summed E-state index contributed by atoms with van der Waals surface area (Å²) in [7, 11) is -3.25. The zero-order chi connectivity index (χ0) is 11.5. The maximum absolute atomic E-state index is 11.5. The second-order valence-electron chi connectivity index (χ2n) is 4.70. The van der Waals surface area contributed by atoms with Crippen LogP contribution < -0.4 is 4.72 Å². The second kappa shape index (κ2) is 4.80. The van der Waals surface area contributed by atoms with E-state index in [9.17, 15) is 13.5 Å². The van der Waals surface area contributed by atoms with Crippen LogP contribution in [0.1, 0.15) is 46.0 Å². The van der Waals surface area contributed by atoms with E-state index in [0.717, 1.165) is 19.3 Å². The smallest absolute Gasteiger partial charge is 0.214 e. The average molecular weight is 235 g/mol. The number of aliphatic hydroxyl groups is 1. The van der Waals surface area contributed by atoms with Crippen LogP contribution in [0.5, 0.6) is 0 Å². The average Bonchev–Trinajstić information content (AvgIpc) is 2.16. The van der Waals surface area contributed by atoms with E-state index < -0.39 is 20.9 Å². The predicted octanol–water partition coefficient (Wildman–Crippen LogP) is 1.01. The third-order valence-corrected chi connectivity index (χ3v) is 4.80. The highest BCUT2D eigenvalue weighted by Gasteiger charge is 2.30. The minimum atomic E-state index is -3.25. The summed E-state index contributed by atoms with van der Waals surface area (Å²) >= 11 is 0. The van der Waals surface area contributed by atoms with E-state index in [1.165, 1.54) is 0 Å². The largest absolute Gasteiger partial charge is 0.389 e. The van der Waals surface area contributed by atoms with Crippen LogP contribution in [0.3, 0.4) is 0 Å². The van der Waals surface area contributed by atoms with Gasteiger partial charge in [-0.3, -0.25) is 0 Å². The Morgan fingerprint density at radius 3 is 2.27 bits per heavy atom. The van der Waals surface area contributed by atoms with E-state index in [2.05, 4.69) is 4.72 Å². The predicted molar refractivity (Wildman–Crippen MR) is 60.1 cm³/mol. The first-order valence-corrected chi connectivity index (χ1v) is 7.11. The van der Waals surface area contributed by atoms with E-state index in [1.54, 1.807) is 13.8 Å². The zero-order valence-electron chi connectivity index (χ0n) is 9.49. The Labute approximate surface area is 92.1 Å². The summed E-state index contributed by atoms with van der Waals surface area (Å²) in [4.78, 5) is 0. The zero-order valence-corrected chi connectivity index (χ0v) is 10.3. The molecule has 0 aromatic heterocycles. The van der Waals surface area contributed by atoms with Gasteiger partial charge in [-0.05, 0) is 26.7 Å². The van der Waals surface area contributed by atoms with E-state index in [0.29, 0.717) is 12.8 Å². The lowest BCUT2D eigenvalue weighted by atomic mass is 9.85. The Morgan fingerprint density at radius 1 is 1.27 bits per heavy atom. The normalized spacial score (nSPS) is 21.9. The van der Waals surface area contributed by atoms with Crippen LogP contribution in [0.4, 0.5) is 0 Å². The molecule has 1 aliphatic carbocycles. The molecule has 0 radical (unpaired) electrons. The molecule has 0 unspecified atom stereocenters. The minimum absolute atomic E-state index is 0.160. The molecular formula is C10H21NO3S. The van der Waals surface area contributed by atoms with Crippen molar-refractivity contribution in [3.63, 3.8) is 0 Å². The molecule has 0 spiro atoms. The molecule has 0 aromatic carbocycles. The van der Waals surface area contributed by atoms with Crippen LogP contribution in [0.2, 0.25) is 0 Å². The third kappa shape index (κ3) is 3.74. The van der Waals surface area contributed by atoms with E-state index >= 15 is 0 Å². The SMILES string of the molecule is CC(C)S(=O)(=O)NCC1(O)CCCCC1. The van der Waals surface area contributed by atoms with Gasteiger partial charge in [0.05, 0.1) is 10.9 Å². The van der Waals surface area contributed by atoms with Gasteiger partial charge in [-0.15, -0.1) is 0 Å². The molecule has 5 heteroatoms. The van der Waals surface area contributed by atoms with Gasteiger partial charge >= 0.3 is 0 Å². The molecule has 0 amide bonds. The quantitative estimate of drug-likeness (QED) is 0.764. The molecule has 0 aromatic rings. The van der Waals surface area contributed by atoms with Gasteiger partial charge in [0.2, 0.25) is 10.0 Å². The van der Waals surface area contributed by atoms with Crippen molar-refractivity contribution in [1.29, 1.82) is 0 Å². The molecule has 0 bridgehead atoms. The third-order valence-electron chi connectivity index (χ3n) is 3.01. The first-order valence-electron chi connectivity index (χ1n) is 5.57. The van der Waals surface area contributed by atoms with Gasteiger partial charge in [0.25, 0.3) is 0 Å². The van der Waals surface area contributed by atoms with Crippen LogP contribution in [-0.4, -0.2) is 30.9 Å². The van der Waals surface area contributed by atoms with Crippen molar-refractivity contribution in [1.82, 2.24) is 4.72 Å². The van der Waals surface area contributed by atoms with Gasteiger partial charge < -0.3 is 5.11 Å². The minimum Gasteiger partial charge on any atom is -0.389 e. The van der Waals surface area contributed by atoms with Crippen LogP contribution in [0, 0.1) is 0 Å². The number of nitrogens with one attached hydrogen (secondary N) is 1. The molecule has 1 aliphatic rings. The fourth-order valence-corrected chi connectivity index (χ4v) is 2.59. The Kier molecular flexibility index (Phi) is 4.14. The molecule has 2 N–H and O–H groups in total. The molecule has 15 heavy (non-hydrogen) atoms. The lowest BCUT2D eigenvalue weighted by molar-refractivity contribution is 0.00942. The fraction of sp³-hybridized carbons (Fsp3) is 1.00. The second-order valence-corrected chi connectivity index (χ2v) is 7.02. The number of hydrogen-bond acceptors (Lipinski definition) is 3. The van der Waals surface area contributed by atoms with Gasteiger partial charge in [-0.25, -0.2) is 13.1 Å². The first kappa shape index (κ1) is 12.9. The van der Waals surface area contributed by atoms with Crippen molar-refractivity contribution in [3.05, 3.63) is 0 Å². The molecule has 4 nitrogen and oxygen atoms in total. The summed E-state index contributed by atoms with van der Waals surface area (Å²) in [6.07, 6.45) is 4.51. The Hall–Kier alpha value is -0.130. The lowest BCUT2D eigenvalue weighted by Crippen LogP contribution is -2.45. The van der Waals surface area contributed by atoms with Crippen molar-refractivity contribution in [2.24, 2.45) is 0 Å². The van der Waals surface area contributed by atoms with Gasteiger partial charge in [-0.2, -0.15) is 0 Å². The Morgan fingerprint density at radius 2 is 1.80 bits per heavy atom. The summed E-state index contributed by atoms with van der Waals surface area (Å²) in [6, 6.07) is 0. The molecule has 0 atom stereocenters. The fourth-order valence-electron chi connectivity index (χ4n) is 1.79. The van der Waals surface area contributed by atoms with Crippen molar-refractivity contribution < 1.29 is 13.5 Å². The van der Waals surface area contributed by atoms with Crippen LogP contribution in [-0.2, 0) is 10.0 Å². The Bertz CT molecular complexity index is 292. The first-order chi connectivity index (χ1) is 6.86. The molecule has 1 fully saturated rings. The molecule has 0 saturated heterocycles. The molecule has 90 valence electrons. The maximum atomic E-state index is 11.5. The van der Waals surface area contributed by atoms with E-state index in [-0.39, 0.29) is 6.54 Å². The van der Waals surface area contributed by atoms with Crippen molar-refractivity contribution >= 4 is 10.0 Å². The standard InChI is InChI=1S/C10H21NO3S/c1-9(2)15(13,14)11-8-10(12)6-4-3-5-7-10/h9,11-12H,3-8H2,1-2H3. The highest BCUT2D eigenvalue weighted by molar-refractivity contribution is 7.90. The molecular weight excluding hydrogens is 214 g/mol. The highest BCUT2D eigenvalue weighted by Crippen LogP contribution is 2.27. The highest BCUT2D eigenvalue weighted by atomic mass is 32.2.